The third-order valence-corrected chi connectivity index (χ3v) is 4.03. The lowest BCUT2D eigenvalue weighted by atomic mass is 10.1. The largest absolute Gasteiger partial charge is 0.481 e. The van der Waals surface area contributed by atoms with Crippen LogP contribution in [0.2, 0.25) is 0 Å². The summed E-state index contributed by atoms with van der Waals surface area (Å²) in [7, 11) is 0. The number of rotatable bonds is 6. The fourth-order valence-corrected chi connectivity index (χ4v) is 2.76. The smallest absolute Gasteiger partial charge is 0.336 e. The average Bonchev–Trinajstić information content (AvgIpc) is 2.86. The van der Waals surface area contributed by atoms with E-state index in [0.29, 0.717) is 0 Å². The Kier molecular flexibility index (Phi) is 5.44. The van der Waals surface area contributed by atoms with Crippen molar-refractivity contribution in [2.24, 2.45) is 10.2 Å². The van der Waals surface area contributed by atoms with E-state index in [2.05, 4.69) is 15.5 Å². The van der Waals surface area contributed by atoms with Crippen molar-refractivity contribution < 1.29 is 29.5 Å². The fraction of sp³-hybridized carbons (Fsp3) is 0.154. The first-order valence-electron chi connectivity index (χ1n) is 6.60. The summed E-state index contributed by atoms with van der Waals surface area (Å²) in [5.41, 5.74) is -0.625. The van der Waals surface area contributed by atoms with Gasteiger partial charge in [-0.3, -0.25) is 19.7 Å². The molecule has 11 nitrogen and oxygen atoms in total. The third-order valence-electron chi connectivity index (χ3n) is 2.96. The third kappa shape index (κ3) is 4.60. The second kappa shape index (κ2) is 7.53. The lowest BCUT2D eigenvalue weighted by Gasteiger charge is -2.00. The Hall–Kier alpha value is -3.28. The molecule has 1 unspecified atom stereocenters. The zero-order valence-electron chi connectivity index (χ0n) is 12.3. The number of thioether (sulfide) groups is 1. The van der Waals surface area contributed by atoms with E-state index in [1.54, 1.807) is 0 Å². The standard InChI is InChI=1S/C13H10N4O7S/c18-10(19)4-9-11(20)15-13(25-9)16-14-5-6-1-2-7(17(23)24)3-8(6)12(21)22/h1-3,5,9H,4H2,(H,18,19)(H,21,22)(H,15,16,20). The van der Waals surface area contributed by atoms with E-state index in [4.69, 9.17) is 10.2 Å². The van der Waals surface area contributed by atoms with Crippen LogP contribution in [0.15, 0.2) is 28.4 Å². The number of carbonyl (C=O) groups excluding carboxylic acids is 1. The molecule has 3 N–H and O–H groups in total. The summed E-state index contributed by atoms with van der Waals surface area (Å²) >= 11 is 0.888. The number of non-ortho nitro benzene ring substituents is 1. The molecule has 1 aromatic rings. The van der Waals surface area contributed by atoms with Crippen molar-refractivity contribution in [2.75, 3.05) is 0 Å². The van der Waals surface area contributed by atoms with Crippen molar-refractivity contribution in [3.05, 3.63) is 39.4 Å². The maximum absolute atomic E-state index is 11.5. The molecule has 0 aliphatic carbocycles. The molecule has 2 rings (SSSR count). The minimum absolute atomic E-state index is 0.0753. The molecule has 0 radical (unpaired) electrons. The molecule has 0 spiro atoms. The molecule has 1 heterocycles. The number of aromatic carboxylic acids is 1. The molecule has 1 amide bonds. The number of nitrogens with one attached hydrogen (secondary N) is 1. The van der Waals surface area contributed by atoms with E-state index in [0.717, 1.165) is 30.1 Å². The highest BCUT2D eigenvalue weighted by molar-refractivity contribution is 8.15. The van der Waals surface area contributed by atoms with Gasteiger partial charge >= 0.3 is 11.9 Å². The summed E-state index contributed by atoms with van der Waals surface area (Å²) in [5.74, 6) is -3.01. The topological polar surface area (TPSA) is 172 Å². The first-order valence-corrected chi connectivity index (χ1v) is 7.48. The molecule has 1 aliphatic heterocycles. The van der Waals surface area contributed by atoms with Crippen LogP contribution in [-0.2, 0) is 9.59 Å². The van der Waals surface area contributed by atoms with Crippen LogP contribution in [0, 0.1) is 10.1 Å². The van der Waals surface area contributed by atoms with Gasteiger partial charge in [-0.15, -0.1) is 5.10 Å². The van der Waals surface area contributed by atoms with Crippen LogP contribution in [0.25, 0.3) is 0 Å². The summed E-state index contributed by atoms with van der Waals surface area (Å²) in [4.78, 5) is 43.3. The monoisotopic (exact) mass is 366 g/mol. The summed E-state index contributed by atoms with van der Waals surface area (Å²) in [5, 5.41) is 37.4. The van der Waals surface area contributed by atoms with Gasteiger partial charge in [0.15, 0.2) is 5.17 Å². The maximum atomic E-state index is 11.5. The maximum Gasteiger partial charge on any atom is 0.336 e. The summed E-state index contributed by atoms with van der Waals surface area (Å²) in [6, 6.07) is 3.22. The zero-order valence-corrected chi connectivity index (χ0v) is 13.1. The first kappa shape index (κ1) is 18.1. The molecule has 0 bridgehead atoms. The van der Waals surface area contributed by atoms with Crippen molar-refractivity contribution in [3.63, 3.8) is 0 Å². The Morgan fingerprint density at radius 2 is 2.12 bits per heavy atom. The molecule has 1 atom stereocenters. The number of aliphatic carboxylic acids is 1. The second-order valence-corrected chi connectivity index (χ2v) is 5.87. The van der Waals surface area contributed by atoms with Crippen molar-refractivity contribution in [1.82, 2.24) is 5.32 Å². The van der Waals surface area contributed by atoms with Crippen molar-refractivity contribution in [2.45, 2.75) is 11.7 Å². The van der Waals surface area contributed by atoms with Gasteiger partial charge in [-0.1, -0.05) is 11.8 Å². The van der Waals surface area contributed by atoms with E-state index in [1.165, 1.54) is 6.07 Å². The van der Waals surface area contributed by atoms with Gasteiger partial charge in [-0.2, -0.15) is 5.10 Å². The average molecular weight is 366 g/mol. The predicted molar refractivity (Wildman–Crippen MR) is 86.9 cm³/mol. The van der Waals surface area contributed by atoms with Gasteiger partial charge in [0.25, 0.3) is 5.69 Å². The second-order valence-electron chi connectivity index (χ2n) is 4.68. The van der Waals surface area contributed by atoms with Gasteiger partial charge in [0, 0.05) is 17.7 Å². The highest BCUT2D eigenvalue weighted by atomic mass is 32.2. The quantitative estimate of drug-likeness (QED) is 0.375. The number of hydrogen-bond acceptors (Lipinski definition) is 8. The number of nitro benzene ring substituents is 1. The predicted octanol–water partition coefficient (Wildman–Crippen LogP) is 0.689. The highest BCUT2D eigenvalue weighted by Crippen LogP contribution is 2.22. The van der Waals surface area contributed by atoms with Crippen LogP contribution in [0.5, 0.6) is 0 Å². The molecule has 1 fully saturated rings. The van der Waals surface area contributed by atoms with E-state index >= 15 is 0 Å². The summed E-state index contributed by atoms with van der Waals surface area (Å²) < 4.78 is 0. The summed E-state index contributed by atoms with van der Waals surface area (Å²) in [6.45, 7) is 0. The number of carbonyl (C=O) groups is 3. The van der Waals surface area contributed by atoms with E-state index in [1.807, 2.05) is 0 Å². The molecule has 0 saturated carbocycles. The number of carboxylic acid groups (broad SMARTS) is 2. The molecular formula is C13H10N4O7S. The molecule has 1 aromatic carbocycles. The first-order chi connectivity index (χ1) is 11.8. The lowest BCUT2D eigenvalue weighted by molar-refractivity contribution is -0.384. The van der Waals surface area contributed by atoms with Gasteiger partial charge in [0.05, 0.1) is 23.1 Å². The molecular weight excluding hydrogens is 356 g/mol. The molecule has 130 valence electrons. The van der Waals surface area contributed by atoms with Crippen LogP contribution < -0.4 is 5.32 Å². The zero-order chi connectivity index (χ0) is 18.6. The van der Waals surface area contributed by atoms with Crippen LogP contribution >= 0.6 is 11.8 Å². The van der Waals surface area contributed by atoms with Crippen molar-refractivity contribution in [1.29, 1.82) is 0 Å². The number of carboxylic acids is 2. The molecule has 0 aromatic heterocycles. The Morgan fingerprint density at radius 1 is 1.40 bits per heavy atom. The number of amidine groups is 1. The minimum Gasteiger partial charge on any atom is -0.481 e. The van der Waals surface area contributed by atoms with E-state index in [9.17, 15) is 24.5 Å². The Labute approximate surface area is 143 Å². The van der Waals surface area contributed by atoms with Gasteiger partial charge in [-0.25, -0.2) is 4.79 Å². The molecule has 1 saturated heterocycles. The van der Waals surface area contributed by atoms with E-state index < -0.39 is 28.0 Å². The lowest BCUT2D eigenvalue weighted by Crippen LogP contribution is -2.26. The van der Waals surface area contributed by atoms with Gasteiger partial charge in [0.1, 0.15) is 5.25 Å². The van der Waals surface area contributed by atoms with Crippen LogP contribution in [0.4, 0.5) is 5.69 Å². The van der Waals surface area contributed by atoms with Gasteiger partial charge in [-0.05, 0) is 6.07 Å². The molecule has 25 heavy (non-hydrogen) atoms. The molecule has 1 aliphatic rings. The van der Waals surface area contributed by atoms with Gasteiger partial charge in [0.2, 0.25) is 5.91 Å². The van der Waals surface area contributed by atoms with Crippen LogP contribution in [0.1, 0.15) is 22.3 Å². The fourth-order valence-electron chi connectivity index (χ4n) is 1.84. The number of hydrogen-bond donors (Lipinski definition) is 3. The van der Waals surface area contributed by atoms with Crippen LogP contribution in [0.3, 0.4) is 0 Å². The Balaban J connectivity index is 2.17. The number of benzene rings is 1. The Morgan fingerprint density at radius 3 is 2.72 bits per heavy atom. The SMILES string of the molecule is O=C(O)CC1SC(=NN=Cc2ccc([N+](=O)[O-])cc2C(=O)O)NC1=O. The van der Waals surface area contributed by atoms with Crippen molar-refractivity contribution in [3.8, 4) is 0 Å². The number of amides is 1. The van der Waals surface area contributed by atoms with Gasteiger partial charge < -0.3 is 15.5 Å². The van der Waals surface area contributed by atoms with Crippen LogP contribution in [-0.4, -0.2) is 49.6 Å². The molecule has 12 heteroatoms. The van der Waals surface area contributed by atoms with E-state index in [-0.39, 0.29) is 28.4 Å². The minimum atomic E-state index is -1.37. The number of nitrogens with zero attached hydrogens (tertiary/aromatic N) is 3. The highest BCUT2D eigenvalue weighted by Gasteiger charge is 2.32. The number of nitro groups is 1. The Bertz CT molecular complexity index is 821. The summed E-state index contributed by atoms with van der Waals surface area (Å²) in [6.07, 6.45) is 0.697. The van der Waals surface area contributed by atoms with Crippen molar-refractivity contribution >= 4 is 46.7 Å². The normalized spacial score (nSPS) is 18.5.